The summed E-state index contributed by atoms with van der Waals surface area (Å²) < 4.78 is 42.1. The fourth-order valence-corrected chi connectivity index (χ4v) is 6.22. The molecule has 0 aliphatic heterocycles. The normalized spacial score (nSPS) is 11.8. The molecular formula is C31H35FN4O4S. The minimum Gasteiger partial charge on any atom is -0.361 e. The number of carbonyl (C=O) groups excluding carboxylic acids is 2. The van der Waals surface area contributed by atoms with Crippen LogP contribution in [-0.2, 0) is 32.6 Å². The van der Waals surface area contributed by atoms with Crippen LogP contribution in [0.2, 0.25) is 0 Å². The molecule has 1 heterocycles. The first kappa shape index (κ1) is 30.0. The van der Waals surface area contributed by atoms with Crippen LogP contribution in [-0.4, -0.2) is 54.1 Å². The van der Waals surface area contributed by atoms with E-state index in [0.717, 1.165) is 22.0 Å². The zero-order chi connectivity index (χ0) is 29.6. The second-order valence-electron chi connectivity index (χ2n) is 10.4. The number of nitrogens with zero attached hydrogens (tertiary/aromatic N) is 2. The van der Waals surface area contributed by atoms with Gasteiger partial charge in [-0.3, -0.25) is 9.59 Å². The molecule has 0 bridgehead atoms. The molecule has 0 saturated heterocycles. The lowest BCUT2D eigenvalue weighted by atomic mass is 10.1. The molecule has 0 fully saturated rings. The zero-order valence-electron chi connectivity index (χ0n) is 23.4. The van der Waals surface area contributed by atoms with Crippen molar-refractivity contribution < 1.29 is 22.4 Å². The first-order valence-corrected chi connectivity index (χ1v) is 14.9. The predicted octanol–water partition coefficient (Wildman–Crippen LogP) is 5.18. The number of para-hydroxylation sites is 1. The van der Waals surface area contributed by atoms with Crippen molar-refractivity contribution in [1.29, 1.82) is 0 Å². The summed E-state index contributed by atoms with van der Waals surface area (Å²) in [5.74, 6) is -1.02. The molecule has 4 rings (SSSR count). The molecule has 2 N–H and O–H groups in total. The third kappa shape index (κ3) is 7.80. The number of rotatable bonds is 12. The van der Waals surface area contributed by atoms with Gasteiger partial charge in [-0.25, -0.2) is 12.8 Å². The Bertz CT molecular complexity index is 1600. The molecule has 0 atom stereocenters. The summed E-state index contributed by atoms with van der Waals surface area (Å²) in [6.45, 7) is 5.51. The van der Waals surface area contributed by atoms with Crippen LogP contribution in [0.25, 0.3) is 10.9 Å². The van der Waals surface area contributed by atoms with Crippen LogP contribution in [0.4, 0.5) is 10.1 Å². The van der Waals surface area contributed by atoms with E-state index in [0.29, 0.717) is 18.7 Å². The molecule has 8 nitrogen and oxygen atoms in total. The molecule has 2 amide bonds. The molecule has 1 aromatic heterocycles. The summed E-state index contributed by atoms with van der Waals surface area (Å²) in [7, 11) is -4.02. The maximum Gasteiger partial charge on any atom is 0.243 e. The molecule has 0 radical (unpaired) electrons. The van der Waals surface area contributed by atoms with Crippen molar-refractivity contribution in [3.05, 3.63) is 95.9 Å². The van der Waals surface area contributed by atoms with Gasteiger partial charge in [0, 0.05) is 49.3 Å². The molecule has 0 aliphatic carbocycles. The second-order valence-corrected chi connectivity index (χ2v) is 12.4. The Morgan fingerprint density at radius 2 is 1.66 bits per heavy atom. The van der Waals surface area contributed by atoms with Crippen LogP contribution < -0.4 is 5.32 Å². The Morgan fingerprint density at radius 1 is 0.976 bits per heavy atom. The summed E-state index contributed by atoms with van der Waals surface area (Å²) >= 11 is 0. The van der Waals surface area contributed by atoms with Crippen molar-refractivity contribution in [2.75, 3.05) is 25.0 Å². The first-order chi connectivity index (χ1) is 19.5. The fraction of sp³-hybridized carbons (Fsp3) is 0.290. The predicted molar refractivity (Wildman–Crippen MR) is 158 cm³/mol. The number of fused-ring (bicyclic) bond motifs is 1. The molecule has 4 aromatic rings. The molecule has 0 unspecified atom stereocenters. The third-order valence-electron chi connectivity index (χ3n) is 6.66. The number of anilines is 1. The highest BCUT2D eigenvalue weighted by atomic mass is 32.2. The van der Waals surface area contributed by atoms with Crippen LogP contribution in [0.5, 0.6) is 0 Å². The number of hydrogen-bond acceptors (Lipinski definition) is 4. The van der Waals surface area contributed by atoms with Crippen molar-refractivity contribution >= 4 is 38.4 Å². The summed E-state index contributed by atoms with van der Waals surface area (Å²) in [6.07, 6.45) is 2.48. The number of aromatic amines is 1. The number of amides is 2. The SMILES string of the molecule is CC(=O)Nc1ccc(S(=O)(=O)N(CC(=O)N(CCc2c[nH]c3ccccc23)Cc2ccc(F)cc2)CC(C)C)cc1. The van der Waals surface area contributed by atoms with Gasteiger partial charge in [-0.2, -0.15) is 4.31 Å². The number of sulfonamides is 1. The average molecular weight is 579 g/mol. The minimum absolute atomic E-state index is 0.0314. The smallest absolute Gasteiger partial charge is 0.243 e. The Balaban J connectivity index is 1.58. The van der Waals surface area contributed by atoms with Gasteiger partial charge in [-0.1, -0.05) is 44.2 Å². The molecular weight excluding hydrogens is 543 g/mol. The Labute approximate surface area is 240 Å². The van der Waals surface area contributed by atoms with Gasteiger partial charge in [-0.05, 0) is 65.9 Å². The molecule has 216 valence electrons. The number of aromatic nitrogens is 1. The summed E-state index contributed by atoms with van der Waals surface area (Å²) in [5, 5.41) is 3.68. The van der Waals surface area contributed by atoms with Crippen LogP contribution in [0.15, 0.2) is 83.9 Å². The van der Waals surface area contributed by atoms with Crippen LogP contribution in [0.3, 0.4) is 0 Å². The van der Waals surface area contributed by atoms with E-state index >= 15 is 0 Å². The van der Waals surface area contributed by atoms with Crippen LogP contribution >= 0.6 is 0 Å². The Morgan fingerprint density at radius 3 is 2.32 bits per heavy atom. The number of halogens is 1. The fourth-order valence-electron chi connectivity index (χ4n) is 4.66. The highest BCUT2D eigenvalue weighted by Gasteiger charge is 2.29. The van der Waals surface area contributed by atoms with Crippen molar-refractivity contribution in [3.63, 3.8) is 0 Å². The number of H-pyrrole nitrogens is 1. The Kier molecular flexibility index (Phi) is 9.57. The first-order valence-electron chi connectivity index (χ1n) is 13.5. The van der Waals surface area contributed by atoms with Gasteiger partial charge in [0.05, 0.1) is 11.4 Å². The molecule has 41 heavy (non-hydrogen) atoms. The number of benzene rings is 3. The molecule has 0 saturated carbocycles. The van der Waals surface area contributed by atoms with Crippen LogP contribution in [0.1, 0.15) is 31.9 Å². The van der Waals surface area contributed by atoms with E-state index in [2.05, 4.69) is 10.3 Å². The quantitative estimate of drug-likeness (QED) is 0.242. The lowest BCUT2D eigenvalue weighted by Gasteiger charge is -2.28. The molecule has 3 aromatic carbocycles. The van der Waals surface area contributed by atoms with Gasteiger partial charge >= 0.3 is 0 Å². The second kappa shape index (κ2) is 13.1. The average Bonchev–Trinajstić information content (AvgIpc) is 3.34. The Hall–Kier alpha value is -4.02. The number of nitrogens with one attached hydrogen (secondary N) is 2. The zero-order valence-corrected chi connectivity index (χ0v) is 24.2. The van der Waals surface area contributed by atoms with E-state index in [4.69, 9.17) is 0 Å². The van der Waals surface area contributed by atoms with E-state index in [1.54, 1.807) is 17.0 Å². The lowest BCUT2D eigenvalue weighted by molar-refractivity contribution is -0.132. The van der Waals surface area contributed by atoms with E-state index in [-0.39, 0.29) is 48.1 Å². The number of hydrogen-bond donors (Lipinski definition) is 2. The van der Waals surface area contributed by atoms with Gasteiger partial charge in [0.1, 0.15) is 5.82 Å². The lowest BCUT2D eigenvalue weighted by Crippen LogP contribution is -2.44. The van der Waals surface area contributed by atoms with Gasteiger partial charge < -0.3 is 15.2 Å². The topological polar surface area (TPSA) is 103 Å². The molecule has 10 heteroatoms. The van der Waals surface area contributed by atoms with Crippen molar-refractivity contribution in [1.82, 2.24) is 14.2 Å². The van der Waals surface area contributed by atoms with Crippen molar-refractivity contribution in [3.8, 4) is 0 Å². The summed E-state index contributed by atoms with van der Waals surface area (Å²) in [6, 6.07) is 19.7. The highest BCUT2D eigenvalue weighted by molar-refractivity contribution is 7.89. The largest absolute Gasteiger partial charge is 0.361 e. The minimum atomic E-state index is -4.02. The van der Waals surface area contributed by atoms with Gasteiger partial charge in [0.25, 0.3) is 0 Å². The van der Waals surface area contributed by atoms with Gasteiger partial charge in [-0.15, -0.1) is 0 Å². The van der Waals surface area contributed by atoms with Crippen molar-refractivity contribution in [2.24, 2.45) is 5.92 Å². The van der Waals surface area contributed by atoms with Gasteiger partial charge in [0.2, 0.25) is 21.8 Å². The van der Waals surface area contributed by atoms with Gasteiger partial charge in [0.15, 0.2) is 0 Å². The third-order valence-corrected chi connectivity index (χ3v) is 8.48. The summed E-state index contributed by atoms with van der Waals surface area (Å²) in [5.41, 5.74) is 3.26. The highest BCUT2D eigenvalue weighted by Crippen LogP contribution is 2.22. The monoisotopic (exact) mass is 578 g/mol. The van der Waals surface area contributed by atoms with Crippen LogP contribution in [0, 0.1) is 11.7 Å². The van der Waals surface area contributed by atoms with E-state index in [9.17, 15) is 22.4 Å². The van der Waals surface area contributed by atoms with E-state index < -0.39 is 10.0 Å². The molecule has 0 spiro atoms. The van der Waals surface area contributed by atoms with Crippen molar-refractivity contribution in [2.45, 2.75) is 38.6 Å². The summed E-state index contributed by atoms with van der Waals surface area (Å²) in [4.78, 5) is 30.0. The number of carbonyl (C=O) groups is 2. The molecule has 0 aliphatic rings. The van der Waals surface area contributed by atoms with E-state index in [1.807, 2.05) is 44.3 Å². The van der Waals surface area contributed by atoms with E-state index in [1.165, 1.54) is 47.6 Å². The maximum atomic E-state index is 13.8. The maximum absolute atomic E-state index is 13.8. The standard InChI is InChI=1S/C31H35FN4O4S/c1-22(2)19-36(41(39,40)28-14-12-27(13-15-28)34-23(3)37)21-31(38)35(20-24-8-10-26(32)11-9-24)17-16-25-18-33-30-7-5-4-6-29(25)30/h4-15,18,22,33H,16-17,19-21H2,1-3H3,(H,34,37).